The Hall–Kier alpha value is -2.12. The van der Waals surface area contributed by atoms with Gasteiger partial charge >= 0.3 is 0 Å². The second kappa shape index (κ2) is 6.49. The SMILES string of the molecule is COc1c2c(c(Br)c3c1C(Cc1ccc4c(c1)OCO4)N(C)CC3)OCO2. The molecule has 0 N–H and O–H groups in total. The first kappa shape index (κ1) is 17.0. The minimum atomic E-state index is 0.162. The Kier molecular flexibility index (Phi) is 4.09. The molecule has 0 aliphatic carbocycles. The summed E-state index contributed by atoms with van der Waals surface area (Å²) in [5, 5.41) is 0. The number of halogens is 1. The van der Waals surface area contributed by atoms with Crippen molar-refractivity contribution < 1.29 is 23.7 Å². The number of ether oxygens (including phenoxy) is 5. The van der Waals surface area contributed by atoms with Gasteiger partial charge in [-0.2, -0.15) is 0 Å². The highest BCUT2D eigenvalue weighted by Crippen LogP contribution is 2.54. The molecule has 0 bridgehead atoms. The number of fused-ring (bicyclic) bond motifs is 3. The third-order valence-corrected chi connectivity index (χ3v) is 6.34. The molecule has 2 aromatic carbocycles. The normalized spacial score (nSPS) is 19.9. The third kappa shape index (κ3) is 2.63. The van der Waals surface area contributed by atoms with E-state index in [-0.39, 0.29) is 19.6 Å². The Labute approximate surface area is 166 Å². The van der Waals surface area contributed by atoms with Crippen molar-refractivity contribution >= 4 is 15.9 Å². The van der Waals surface area contributed by atoms with Crippen molar-refractivity contribution in [2.45, 2.75) is 18.9 Å². The molecule has 0 fully saturated rings. The molecule has 1 unspecified atom stereocenters. The van der Waals surface area contributed by atoms with Crippen LogP contribution >= 0.6 is 15.9 Å². The molecule has 142 valence electrons. The monoisotopic (exact) mass is 433 g/mol. The summed E-state index contributed by atoms with van der Waals surface area (Å²) >= 11 is 3.74. The minimum absolute atomic E-state index is 0.162. The van der Waals surface area contributed by atoms with Gasteiger partial charge in [0, 0.05) is 18.2 Å². The summed E-state index contributed by atoms with van der Waals surface area (Å²) in [5.74, 6) is 3.83. The topological polar surface area (TPSA) is 49.4 Å². The molecule has 0 amide bonds. The van der Waals surface area contributed by atoms with Crippen LogP contribution in [0.25, 0.3) is 0 Å². The van der Waals surface area contributed by atoms with Crippen molar-refractivity contribution in [1.29, 1.82) is 0 Å². The fourth-order valence-electron chi connectivity index (χ4n) is 4.14. The van der Waals surface area contributed by atoms with Gasteiger partial charge in [-0.25, -0.2) is 0 Å². The first-order valence-corrected chi connectivity index (χ1v) is 9.73. The first-order valence-electron chi connectivity index (χ1n) is 8.94. The van der Waals surface area contributed by atoms with Gasteiger partial charge in [0.05, 0.1) is 11.6 Å². The predicted octanol–water partition coefficient (Wildman–Crippen LogP) is 3.69. The molecule has 3 aliphatic heterocycles. The van der Waals surface area contributed by atoms with Gasteiger partial charge in [-0.3, -0.25) is 4.90 Å². The highest BCUT2D eigenvalue weighted by molar-refractivity contribution is 9.10. The zero-order valence-electron chi connectivity index (χ0n) is 15.2. The number of hydrogen-bond acceptors (Lipinski definition) is 6. The largest absolute Gasteiger partial charge is 0.492 e. The van der Waals surface area contributed by atoms with Crippen LogP contribution in [-0.2, 0) is 12.8 Å². The number of benzene rings is 2. The lowest BCUT2D eigenvalue weighted by atomic mass is 9.87. The molecule has 0 spiro atoms. The van der Waals surface area contributed by atoms with E-state index in [1.54, 1.807) is 7.11 Å². The number of methoxy groups -OCH3 is 1. The lowest BCUT2D eigenvalue weighted by molar-refractivity contribution is 0.170. The second-order valence-electron chi connectivity index (χ2n) is 6.94. The van der Waals surface area contributed by atoms with Crippen LogP contribution in [0.5, 0.6) is 28.7 Å². The lowest BCUT2D eigenvalue weighted by Crippen LogP contribution is -2.34. The van der Waals surface area contributed by atoms with Crippen molar-refractivity contribution in [2.24, 2.45) is 0 Å². The highest BCUT2D eigenvalue weighted by atomic mass is 79.9. The Bertz CT molecular complexity index is 916. The van der Waals surface area contributed by atoms with Gasteiger partial charge in [0.1, 0.15) is 0 Å². The molecule has 5 rings (SSSR count). The number of likely N-dealkylation sites (N-methyl/N-ethyl adjacent to an activating group) is 1. The Morgan fingerprint density at radius 2 is 1.89 bits per heavy atom. The van der Waals surface area contributed by atoms with E-state index in [1.807, 2.05) is 6.07 Å². The molecule has 3 heterocycles. The van der Waals surface area contributed by atoms with E-state index in [1.165, 1.54) is 16.7 Å². The standard InChI is InChI=1S/C20H20BrNO5/c1-22-6-5-12-16(18(23-2)20-19(17(12)21)26-10-27-20)13(22)7-11-3-4-14-15(8-11)25-9-24-14/h3-4,8,13H,5-7,9-10H2,1-2H3. The van der Waals surface area contributed by atoms with Gasteiger partial charge in [0.15, 0.2) is 23.0 Å². The molecule has 0 aromatic heterocycles. The van der Waals surface area contributed by atoms with Crippen molar-refractivity contribution in [3.63, 3.8) is 0 Å². The zero-order chi connectivity index (χ0) is 18.5. The Morgan fingerprint density at radius 3 is 2.74 bits per heavy atom. The summed E-state index contributed by atoms with van der Waals surface area (Å²) < 4.78 is 29.2. The maximum absolute atomic E-state index is 5.80. The van der Waals surface area contributed by atoms with Crippen LogP contribution in [0.1, 0.15) is 22.7 Å². The van der Waals surface area contributed by atoms with E-state index >= 15 is 0 Å². The van der Waals surface area contributed by atoms with Crippen LogP contribution in [0.2, 0.25) is 0 Å². The molecule has 0 saturated carbocycles. The van der Waals surface area contributed by atoms with Crippen molar-refractivity contribution in [1.82, 2.24) is 4.90 Å². The minimum Gasteiger partial charge on any atom is -0.492 e. The maximum atomic E-state index is 5.80. The summed E-state index contributed by atoms with van der Waals surface area (Å²) in [7, 11) is 3.84. The molecule has 2 aromatic rings. The van der Waals surface area contributed by atoms with Crippen molar-refractivity contribution in [3.8, 4) is 28.7 Å². The van der Waals surface area contributed by atoms with E-state index in [2.05, 4.69) is 40.0 Å². The summed E-state index contributed by atoms with van der Waals surface area (Å²) in [6.07, 6.45) is 1.76. The average Bonchev–Trinajstić information content (AvgIpc) is 3.33. The van der Waals surface area contributed by atoms with Crippen molar-refractivity contribution in [2.75, 3.05) is 34.3 Å². The van der Waals surface area contributed by atoms with Gasteiger partial charge in [0.2, 0.25) is 19.3 Å². The number of nitrogens with zero attached hydrogens (tertiary/aromatic N) is 1. The molecular weight excluding hydrogens is 414 g/mol. The molecule has 3 aliphatic rings. The smallest absolute Gasteiger partial charge is 0.231 e. The van der Waals surface area contributed by atoms with E-state index in [0.717, 1.165) is 46.9 Å². The first-order chi connectivity index (χ1) is 13.2. The van der Waals surface area contributed by atoms with E-state index in [4.69, 9.17) is 23.7 Å². The summed E-state index contributed by atoms with van der Waals surface area (Å²) in [4.78, 5) is 2.37. The number of rotatable bonds is 3. The molecule has 7 heteroatoms. The highest BCUT2D eigenvalue weighted by Gasteiger charge is 2.36. The second-order valence-corrected chi connectivity index (χ2v) is 7.74. The summed E-state index contributed by atoms with van der Waals surface area (Å²) in [5.41, 5.74) is 3.60. The third-order valence-electron chi connectivity index (χ3n) is 5.50. The maximum Gasteiger partial charge on any atom is 0.231 e. The molecule has 1 atom stereocenters. The van der Waals surface area contributed by atoms with Gasteiger partial charge in [0.25, 0.3) is 0 Å². The van der Waals surface area contributed by atoms with Crippen LogP contribution in [-0.4, -0.2) is 39.2 Å². The fourth-order valence-corrected chi connectivity index (χ4v) is 4.84. The lowest BCUT2D eigenvalue weighted by Gasteiger charge is -2.36. The van der Waals surface area contributed by atoms with Crippen LogP contribution in [0, 0.1) is 0 Å². The molecule has 6 nitrogen and oxygen atoms in total. The Morgan fingerprint density at radius 1 is 1.11 bits per heavy atom. The average molecular weight is 434 g/mol. The van der Waals surface area contributed by atoms with Gasteiger partial charge < -0.3 is 23.7 Å². The molecule has 0 radical (unpaired) electrons. The molecule has 27 heavy (non-hydrogen) atoms. The van der Waals surface area contributed by atoms with Crippen LogP contribution in [0.3, 0.4) is 0 Å². The molecular formula is C20H20BrNO5. The van der Waals surface area contributed by atoms with Gasteiger partial charge in [-0.1, -0.05) is 6.07 Å². The zero-order valence-corrected chi connectivity index (χ0v) is 16.8. The van der Waals surface area contributed by atoms with Crippen LogP contribution in [0.4, 0.5) is 0 Å². The fraction of sp³-hybridized carbons (Fsp3) is 0.400. The van der Waals surface area contributed by atoms with E-state index in [0.29, 0.717) is 5.75 Å². The quantitative estimate of drug-likeness (QED) is 0.735. The van der Waals surface area contributed by atoms with E-state index in [9.17, 15) is 0 Å². The Balaban J connectivity index is 1.59. The summed E-state index contributed by atoms with van der Waals surface area (Å²) in [6, 6.07) is 6.31. The van der Waals surface area contributed by atoms with Crippen LogP contribution in [0.15, 0.2) is 22.7 Å². The van der Waals surface area contributed by atoms with Crippen molar-refractivity contribution in [3.05, 3.63) is 39.4 Å². The van der Waals surface area contributed by atoms with Crippen LogP contribution < -0.4 is 23.7 Å². The predicted molar refractivity (Wildman–Crippen MR) is 102 cm³/mol. The van der Waals surface area contributed by atoms with Gasteiger partial charge in [-0.05, 0) is 59.1 Å². The number of hydrogen-bond donors (Lipinski definition) is 0. The van der Waals surface area contributed by atoms with E-state index < -0.39 is 0 Å². The summed E-state index contributed by atoms with van der Waals surface area (Å²) in [6.45, 7) is 1.47. The van der Waals surface area contributed by atoms with Gasteiger partial charge in [-0.15, -0.1) is 0 Å². The molecule has 0 saturated heterocycles.